The van der Waals surface area contributed by atoms with Gasteiger partial charge in [-0.15, -0.1) is 0 Å². The molecule has 0 saturated carbocycles. The van der Waals surface area contributed by atoms with Crippen LogP contribution in [0.1, 0.15) is 22.5 Å². The van der Waals surface area contributed by atoms with Gasteiger partial charge in [0.1, 0.15) is 23.3 Å². The Kier molecular flexibility index (Phi) is 7.71. The van der Waals surface area contributed by atoms with E-state index in [0.29, 0.717) is 36.9 Å². The highest BCUT2D eigenvalue weighted by Crippen LogP contribution is 2.22. The molecule has 0 amide bonds. The van der Waals surface area contributed by atoms with E-state index in [1.54, 1.807) is 12.1 Å². The molecule has 3 rings (SSSR count). The fourth-order valence-electron chi connectivity index (χ4n) is 2.24. The van der Waals surface area contributed by atoms with E-state index in [-0.39, 0.29) is 5.56 Å². The molecule has 0 spiro atoms. The van der Waals surface area contributed by atoms with Crippen molar-refractivity contribution in [3.05, 3.63) is 41.9 Å². The van der Waals surface area contributed by atoms with E-state index in [4.69, 9.17) is 24.3 Å². The first-order chi connectivity index (χ1) is 14.6. The van der Waals surface area contributed by atoms with Gasteiger partial charge in [-0.25, -0.2) is 14.6 Å². The molecule has 31 heavy (non-hydrogen) atoms. The Balaban J connectivity index is 0.000000423. The van der Waals surface area contributed by atoms with Crippen molar-refractivity contribution in [2.24, 2.45) is 0 Å². The van der Waals surface area contributed by atoms with E-state index >= 15 is 0 Å². The SMILES string of the molecule is Cc1noc2ncnc(NCCCOc3cccc(C(=O)O)c3)c12.O=C(O)C(F)(F)F. The lowest BCUT2D eigenvalue weighted by atomic mass is 10.2. The number of nitrogens with one attached hydrogen (secondary N) is 1. The molecule has 0 saturated heterocycles. The molecule has 3 N–H and O–H groups in total. The van der Waals surface area contributed by atoms with Crippen LogP contribution >= 0.6 is 0 Å². The van der Waals surface area contributed by atoms with E-state index in [2.05, 4.69) is 20.4 Å². The van der Waals surface area contributed by atoms with Crippen LogP contribution < -0.4 is 10.1 Å². The highest BCUT2D eigenvalue weighted by atomic mass is 19.4. The first kappa shape index (κ1) is 23.4. The molecule has 0 unspecified atom stereocenters. The molecule has 166 valence electrons. The van der Waals surface area contributed by atoms with Crippen molar-refractivity contribution in [2.75, 3.05) is 18.5 Å². The number of anilines is 1. The van der Waals surface area contributed by atoms with Crippen molar-refractivity contribution in [3.63, 3.8) is 0 Å². The maximum Gasteiger partial charge on any atom is 0.490 e. The number of benzene rings is 1. The van der Waals surface area contributed by atoms with Gasteiger partial charge in [-0.3, -0.25) is 0 Å². The van der Waals surface area contributed by atoms with Gasteiger partial charge in [0.25, 0.3) is 5.71 Å². The third-order valence-electron chi connectivity index (χ3n) is 3.65. The van der Waals surface area contributed by atoms with E-state index in [1.165, 1.54) is 18.5 Å². The van der Waals surface area contributed by atoms with Crippen LogP contribution in [0.2, 0.25) is 0 Å². The van der Waals surface area contributed by atoms with Crippen LogP contribution in [-0.4, -0.2) is 56.6 Å². The largest absolute Gasteiger partial charge is 0.494 e. The van der Waals surface area contributed by atoms with Gasteiger partial charge >= 0.3 is 18.1 Å². The summed E-state index contributed by atoms with van der Waals surface area (Å²) in [6.07, 6.45) is -2.95. The zero-order valence-electron chi connectivity index (χ0n) is 16.0. The minimum Gasteiger partial charge on any atom is -0.494 e. The normalized spacial score (nSPS) is 10.8. The average molecular weight is 442 g/mol. The predicted molar refractivity (Wildman–Crippen MR) is 100 cm³/mol. The standard InChI is InChI=1S/C16H16N4O4.C2HF3O2/c1-10-13-14(18-9-19-15(13)24-20-10)17-6-3-7-23-12-5-2-4-11(8-12)16(21)22;3-2(4,5)1(6)7/h2,4-5,8-9H,3,6-7H2,1H3,(H,21,22)(H,17,18,19);(H,6,7). The van der Waals surface area contributed by atoms with Crippen LogP contribution in [0.4, 0.5) is 19.0 Å². The fraction of sp³-hybridized carbons (Fsp3) is 0.278. The van der Waals surface area contributed by atoms with Gasteiger partial charge in [0.15, 0.2) is 0 Å². The summed E-state index contributed by atoms with van der Waals surface area (Å²) in [7, 11) is 0. The highest BCUT2D eigenvalue weighted by Gasteiger charge is 2.38. The van der Waals surface area contributed by atoms with Crippen molar-refractivity contribution in [3.8, 4) is 5.75 Å². The minimum atomic E-state index is -5.08. The van der Waals surface area contributed by atoms with E-state index in [9.17, 15) is 18.0 Å². The van der Waals surface area contributed by atoms with Crippen molar-refractivity contribution in [1.29, 1.82) is 0 Å². The van der Waals surface area contributed by atoms with E-state index < -0.39 is 18.1 Å². The predicted octanol–water partition coefficient (Wildman–Crippen LogP) is 3.14. The minimum absolute atomic E-state index is 0.205. The molecule has 1 aromatic carbocycles. The number of aromatic nitrogens is 3. The Labute approximate surface area is 172 Å². The van der Waals surface area contributed by atoms with Gasteiger partial charge in [0.05, 0.1) is 17.9 Å². The third-order valence-corrected chi connectivity index (χ3v) is 3.65. The molecule has 0 aliphatic carbocycles. The smallest absolute Gasteiger partial charge is 0.490 e. The summed E-state index contributed by atoms with van der Waals surface area (Å²) in [4.78, 5) is 28.0. The van der Waals surface area contributed by atoms with Crippen molar-refractivity contribution < 1.29 is 42.2 Å². The molecule has 0 aliphatic heterocycles. The van der Waals surface area contributed by atoms with Crippen molar-refractivity contribution >= 4 is 28.9 Å². The summed E-state index contributed by atoms with van der Waals surface area (Å²) < 4.78 is 42.4. The number of hydrogen-bond donors (Lipinski definition) is 3. The molecule has 0 radical (unpaired) electrons. The number of nitrogens with zero attached hydrogens (tertiary/aromatic N) is 3. The molecule has 0 atom stereocenters. The van der Waals surface area contributed by atoms with Crippen molar-refractivity contribution in [1.82, 2.24) is 15.1 Å². The number of carboxylic acids is 2. The Morgan fingerprint density at radius 3 is 2.58 bits per heavy atom. The number of aliphatic carboxylic acids is 1. The highest BCUT2D eigenvalue weighted by molar-refractivity contribution is 5.88. The third kappa shape index (κ3) is 6.83. The number of fused-ring (bicyclic) bond motifs is 1. The van der Waals surface area contributed by atoms with E-state index in [0.717, 1.165) is 11.1 Å². The number of carbonyl (C=O) groups is 2. The first-order valence-corrected chi connectivity index (χ1v) is 8.66. The molecular formula is C18H17F3N4O6. The van der Waals surface area contributed by atoms with Gasteiger partial charge in [-0.1, -0.05) is 11.2 Å². The second-order valence-corrected chi connectivity index (χ2v) is 5.94. The van der Waals surface area contributed by atoms with Crippen LogP contribution in [0.3, 0.4) is 0 Å². The molecule has 13 heteroatoms. The van der Waals surface area contributed by atoms with Crippen LogP contribution in [-0.2, 0) is 4.79 Å². The Morgan fingerprint density at radius 2 is 1.94 bits per heavy atom. The molecule has 0 bridgehead atoms. The van der Waals surface area contributed by atoms with E-state index in [1.807, 2.05) is 6.92 Å². The molecular weight excluding hydrogens is 425 g/mol. The lowest BCUT2D eigenvalue weighted by Gasteiger charge is -2.08. The monoisotopic (exact) mass is 442 g/mol. The molecule has 3 aromatic rings. The quantitative estimate of drug-likeness (QED) is 0.466. The Morgan fingerprint density at radius 1 is 1.23 bits per heavy atom. The van der Waals surface area contributed by atoms with Crippen LogP contribution in [0.5, 0.6) is 5.75 Å². The summed E-state index contributed by atoms with van der Waals surface area (Å²) in [6, 6.07) is 6.42. The van der Waals surface area contributed by atoms with Crippen LogP contribution in [0.25, 0.3) is 11.1 Å². The number of ether oxygens (including phenoxy) is 1. The Hall–Kier alpha value is -3.90. The number of halogens is 3. The number of alkyl halides is 3. The zero-order chi connectivity index (χ0) is 23.0. The average Bonchev–Trinajstić information content (AvgIpc) is 3.09. The molecule has 2 aromatic heterocycles. The van der Waals surface area contributed by atoms with Gasteiger partial charge in [0, 0.05) is 6.54 Å². The maximum absolute atomic E-state index is 10.9. The second-order valence-electron chi connectivity index (χ2n) is 5.94. The summed E-state index contributed by atoms with van der Waals surface area (Å²) in [6.45, 7) is 2.92. The van der Waals surface area contributed by atoms with Crippen LogP contribution in [0, 0.1) is 6.92 Å². The van der Waals surface area contributed by atoms with Gasteiger partial charge in [-0.05, 0) is 31.5 Å². The number of aromatic carboxylic acids is 1. The van der Waals surface area contributed by atoms with Gasteiger partial charge in [0.2, 0.25) is 0 Å². The van der Waals surface area contributed by atoms with Gasteiger partial charge < -0.3 is 24.8 Å². The summed E-state index contributed by atoms with van der Waals surface area (Å²) in [5.74, 6) is -2.52. The lowest BCUT2D eigenvalue weighted by Crippen LogP contribution is -2.21. The summed E-state index contributed by atoms with van der Waals surface area (Å²) in [5, 5.41) is 23.9. The number of aryl methyl sites for hydroxylation is 1. The second kappa shape index (κ2) is 10.2. The molecule has 0 aliphatic rings. The number of hydrogen-bond acceptors (Lipinski definition) is 8. The maximum atomic E-state index is 10.9. The number of rotatable bonds is 7. The molecule has 10 nitrogen and oxygen atoms in total. The first-order valence-electron chi connectivity index (χ1n) is 8.66. The lowest BCUT2D eigenvalue weighted by molar-refractivity contribution is -0.192. The number of carboxylic acid groups (broad SMARTS) is 2. The van der Waals surface area contributed by atoms with Crippen LogP contribution in [0.15, 0.2) is 35.1 Å². The van der Waals surface area contributed by atoms with Gasteiger partial charge in [-0.2, -0.15) is 18.2 Å². The summed E-state index contributed by atoms with van der Waals surface area (Å²) in [5.41, 5.74) is 1.39. The topological polar surface area (TPSA) is 148 Å². The summed E-state index contributed by atoms with van der Waals surface area (Å²) >= 11 is 0. The Bertz CT molecular complexity index is 1050. The zero-order valence-corrected chi connectivity index (χ0v) is 16.0. The van der Waals surface area contributed by atoms with Crippen molar-refractivity contribution in [2.45, 2.75) is 19.5 Å². The molecule has 2 heterocycles. The fourth-order valence-corrected chi connectivity index (χ4v) is 2.24. The molecule has 0 fully saturated rings.